The van der Waals surface area contributed by atoms with Crippen molar-refractivity contribution in [2.45, 2.75) is 116 Å². The zero-order chi connectivity index (χ0) is 23.9. The third kappa shape index (κ3) is 3.90. The van der Waals surface area contributed by atoms with Gasteiger partial charge in [-0.15, -0.1) is 0 Å². The van der Waals surface area contributed by atoms with Gasteiger partial charge < -0.3 is 10.6 Å². The molecule has 0 radical (unpaired) electrons. The number of hydrogen-bond donors (Lipinski definition) is 2. The minimum atomic E-state index is -0.488. The van der Waals surface area contributed by atoms with Crippen molar-refractivity contribution in [1.82, 2.24) is 10.6 Å². The van der Waals surface area contributed by atoms with Crippen LogP contribution in [-0.2, 0) is 9.59 Å². The monoisotopic (exact) mass is 480 g/mol. The highest BCUT2D eigenvalue weighted by Gasteiger charge is 2.58. The minimum Gasteiger partial charge on any atom is -0.353 e. The van der Waals surface area contributed by atoms with Crippen LogP contribution in [-0.4, -0.2) is 23.9 Å². The normalized spacial score (nSPS) is 49.3. The van der Waals surface area contributed by atoms with Crippen LogP contribution in [0.1, 0.15) is 104 Å². The average molecular weight is 481 g/mol. The number of hydrogen-bond acceptors (Lipinski definition) is 2. The average Bonchev–Trinajstić information content (AvgIpc) is 3.59. The highest BCUT2D eigenvalue weighted by molar-refractivity contribution is 6.01. The summed E-state index contributed by atoms with van der Waals surface area (Å²) in [4.78, 5) is 28.3. The summed E-state index contributed by atoms with van der Waals surface area (Å²) >= 11 is 0. The van der Waals surface area contributed by atoms with E-state index in [0.29, 0.717) is 11.8 Å². The topological polar surface area (TPSA) is 58.2 Å². The van der Waals surface area contributed by atoms with E-state index in [1.54, 1.807) is 0 Å². The van der Waals surface area contributed by atoms with Crippen LogP contribution in [0, 0.1) is 64.6 Å². The van der Waals surface area contributed by atoms with Gasteiger partial charge in [-0.3, -0.25) is 9.59 Å². The lowest BCUT2D eigenvalue weighted by molar-refractivity contribution is -0.154. The van der Waals surface area contributed by atoms with Crippen LogP contribution in [0.15, 0.2) is 0 Å². The van der Waals surface area contributed by atoms with Crippen molar-refractivity contribution in [1.29, 1.82) is 0 Å². The van der Waals surface area contributed by atoms with E-state index in [1.165, 1.54) is 70.6 Å². The molecule has 0 saturated heterocycles. The molecule has 2 amide bonds. The van der Waals surface area contributed by atoms with E-state index >= 15 is 0 Å². The molecule has 8 rings (SSSR count). The molecule has 2 N–H and O–H groups in total. The second-order valence-electron chi connectivity index (χ2n) is 15.0. The molecule has 8 fully saturated rings. The Morgan fingerprint density at radius 2 is 1.03 bits per heavy atom. The summed E-state index contributed by atoms with van der Waals surface area (Å²) in [7, 11) is 0. The van der Waals surface area contributed by atoms with Crippen molar-refractivity contribution in [2.75, 3.05) is 0 Å². The molecule has 0 heterocycles. The summed E-state index contributed by atoms with van der Waals surface area (Å²) in [6, 6.07) is 0.398. The lowest BCUT2D eigenvalue weighted by Crippen LogP contribution is -2.59. The van der Waals surface area contributed by atoms with Gasteiger partial charge in [0.05, 0.1) is 0 Å². The molecule has 0 aromatic carbocycles. The first kappa shape index (κ1) is 23.1. The van der Waals surface area contributed by atoms with E-state index in [0.717, 1.165) is 60.7 Å². The fourth-order valence-corrected chi connectivity index (χ4v) is 11.8. The second-order valence-corrected chi connectivity index (χ2v) is 15.0. The Morgan fingerprint density at radius 1 is 0.600 bits per heavy atom. The van der Waals surface area contributed by atoms with Crippen LogP contribution < -0.4 is 10.6 Å². The molecule has 0 aromatic heterocycles. The number of carbonyl (C=O) groups excluding carboxylic acids is 2. The van der Waals surface area contributed by atoms with Crippen LogP contribution in [0.5, 0.6) is 0 Å². The van der Waals surface area contributed by atoms with Crippen molar-refractivity contribution in [3.63, 3.8) is 0 Å². The van der Waals surface area contributed by atoms with E-state index in [4.69, 9.17) is 0 Å². The van der Waals surface area contributed by atoms with E-state index in [1.807, 2.05) is 0 Å². The number of amides is 2. The van der Waals surface area contributed by atoms with Crippen molar-refractivity contribution in [2.24, 2.45) is 64.6 Å². The highest BCUT2D eigenvalue weighted by atomic mass is 16.2. The van der Waals surface area contributed by atoms with Gasteiger partial charge in [0.1, 0.15) is 5.92 Å². The zero-order valence-electron chi connectivity index (χ0n) is 22.1. The third-order valence-corrected chi connectivity index (χ3v) is 12.8. The Bertz CT molecular complexity index is 785. The molecule has 194 valence electrons. The first-order valence-electron chi connectivity index (χ1n) is 15.5. The lowest BCUT2D eigenvalue weighted by atomic mass is 9.46. The molecule has 0 aliphatic heterocycles. The van der Waals surface area contributed by atoms with Gasteiger partial charge in [0.15, 0.2) is 0 Å². The van der Waals surface area contributed by atoms with Crippen LogP contribution in [0.4, 0.5) is 0 Å². The first-order valence-corrected chi connectivity index (χ1v) is 15.5. The number of carbonyl (C=O) groups is 2. The molecule has 8 saturated carbocycles. The van der Waals surface area contributed by atoms with Gasteiger partial charge in [-0.1, -0.05) is 12.8 Å². The highest BCUT2D eigenvalue weighted by Crippen LogP contribution is 2.63. The van der Waals surface area contributed by atoms with Gasteiger partial charge in [-0.25, -0.2) is 0 Å². The van der Waals surface area contributed by atoms with E-state index in [-0.39, 0.29) is 29.3 Å². The van der Waals surface area contributed by atoms with Crippen LogP contribution in [0.2, 0.25) is 0 Å². The maximum Gasteiger partial charge on any atom is 0.233 e. The summed E-state index contributed by atoms with van der Waals surface area (Å²) in [5.41, 5.74) is -0.0915. The summed E-state index contributed by atoms with van der Waals surface area (Å²) in [5.74, 6) is 6.47. The Morgan fingerprint density at radius 3 is 1.37 bits per heavy atom. The second kappa shape index (κ2) is 8.48. The maximum atomic E-state index is 14.1. The van der Waals surface area contributed by atoms with Crippen molar-refractivity contribution >= 4 is 11.8 Å². The van der Waals surface area contributed by atoms with E-state index in [2.05, 4.69) is 24.5 Å². The molecule has 0 spiro atoms. The van der Waals surface area contributed by atoms with Crippen LogP contribution >= 0.6 is 0 Å². The Hall–Kier alpha value is -1.06. The molecule has 4 heteroatoms. The van der Waals surface area contributed by atoms with Gasteiger partial charge in [-0.2, -0.15) is 0 Å². The number of nitrogens with one attached hydrogen (secondary N) is 2. The van der Waals surface area contributed by atoms with Gasteiger partial charge in [-0.05, 0) is 150 Å². The summed E-state index contributed by atoms with van der Waals surface area (Å²) in [5, 5.41) is 6.97. The minimum absolute atomic E-state index is 0.0693. The van der Waals surface area contributed by atoms with Gasteiger partial charge in [0.2, 0.25) is 11.8 Å². The molecule has 4 nitrogen and oxygen atoms in total. The summed E-state index contributed by atoms with van der Waals surface area (Å²) < 4.78 is 0. The predicted molar refractivity (Wildman–Crippen MR) is 137 cm³/mol. The molecular formula is C31H48N2O2. The fraction of sp³-hybridized carbons (Fsp3) is 0.935. The van der Waals surface area contributed by atoms with Crippen molar-refractivity contribution in [3.8, 4) is 0 Å². The molecule has 8 aliphatic rings. The molecule has 9 atom stereocenters. The third-order valence-electron chi connectivity index (χ3n) is 12.8. The molecule has 0 aromatic rings. The summed E-state index contributed by atoms with van der Waals surface area (Å²) in [6.45, 7) is 4.46. The summed E-state index contributed by atoms with van der Waals surface area (Å²) in [6.07, 6.45) is 18.1. The first-order chi connectivity index (χ1) is 16.9. The van der Waals surface area contributed by atoms with Gasteiger partial charge in [0.25, 0.3) is 0 Å². The smallest absolute Gasteiger partial charge is 0.233 e. The Kier molecular flexibility index (Phi) is 5.60. The Balaban J connectivity index is 1.11. The quantitative estimate of drug-likeness (QED) is 0.459. The number of rotatable bonds is 7. The van der Waals surface area contributed by atoms with Gasteiger partial charge >= 0.3 is 0 Å². The van der Waals surface area contributed by atoms with E-state index < -0.39 is 5.92 Å². The van der Waals surface area contributed by atoms with Crippen molar-refractivity contribution in [3.05, 3.63) is 0 Å². The molecule has 8 aliphatic carbocycles. The molecular weight excluding hydrogens is 432 g/mol. The Labute approximate surface area is 212 Å². The lowest BCUT2D eigenvalue weighted by Gasteiger charge is -2.58. The van der Waals surface area contributed by atoms with E-state index in [9.17, 15) is 9.59 Å². The largest absolute Gasteiger partial charge is 0.353 e. The van der Waals surface area contributed by atoms with Crippen LogP contribution in [0.3, 0.4) is 0 Å². The molecule has 35 heavy (non-hydrogen) atoms. The van der Waals surface area contributed by atoms with Crippen molar-refractivity contribution < 1.29 is 9.59 Å². The number of fused-ring (bicyclic) bond motifs is 4. The standard InChI is InChI=1S/C31H48N2O2/c1-17(26-12-19-3-5-24(26)10-19)32-29(34)28(31-14-21-7-22(15-31)9-23(8-21)16-31)30(35)33-18(2)27-13-20-4-6-25(27)11-20/h17-28H,3-16H2,1-2H3,(H,32,34)(H,33,35)/t17-,18+,19-,20-,21?,22?,23?,24-,25-,26+,27-,28?,31?/m0/s1. The zero-order valence-corrected chi connectivity index (χ0v) is 22.1. The van der Waals surface area contributed by atoms with Crippen LogP contribution in [0.25, 0.3) is 0 Å². The SMILES string of the molecule is C[C@H](NC(=O)C(C(=O)N[C@H](C)[C@@H]1C[C@H]2CC[C@H]1C2)C12CC3CC(CC(C3)C1)C2)[C@H]1C[C@H]2CC[C@H]1C2. The molecule has 1 unspecified atom stereocenters. The predicted octanol–water partition coefficient (Wildman–Crippen LogP) is 5.70. The maximum absolute atomic E-state index is 14.1. The molecule has 8 bridgehead atoms. The van der Waals surface area contributed by atoms with Gasteiger partial charge in [0, 0.05) is 12.1 Å². The fourth-order valence-electron chi connectivity index (χ4n) is 11.8.